The maximum absolute atomic E-state index is 14.0. The topological polar surface area (TPSA) is 177 Å². The number of amides is 3. The number of nitrogens with one attached hydrogen (secondary N) is 2. The van der Waals surface area contributed by atoms with Gasteiger partial charge in [0.1, 0.15) is 42.4 Å². The first-order valence-electron chi connectivity index (χ1n) is 23.5. The zero-order valence-electron chi connectivity index (χ0n) is 40.9. The first-order valence-corrected chi connectivity index (χ1v) is 23.8. The summed E-state index contributed by atoms with van der Waals surface area (Å²) in [6.45, 7) is 24.5. The Labute approximate surface area is 401 Å². The van der Waals surface area contributed by atoms with Crippen LogP contribution in [0.2, 0.25) is 5.02 Å². The zero-order valence-corrected chi connectivity index (χ0v) is 41.7. The van der Waals surface area contributed by atoms with E-state index in [1.165, 1.54) is 10.5 Å². The van der Waals surface area contributed by atoms with Gasteiger partial charge in [0.2, 0.25) is 17.7 Å². The molecule has 0 radical (unpaired) electrons. The third-order valence-electron chi connectivity index (χ3n) is 14.0. The number of carbonyl (C=O) groups is 4. The largest absolute Gasteiger partial charge is 0.489 e. The average Bonchev–Trinajstić information content (AvgIpc) is 3.68. The van der Waals surface area contributed by atoms with E-state index in [1.54, 1.807) is 24.4 Å². The lowest BCUT2D eigenvalue weighted by atomic mass is 9.44. The molecular formula is C52H70ClN7O7. The molecule has 6 rings (SSSR count). The molecule has 1 aliphatic carbocycles. The Morgan fingerprint density at radius 1 is 0.955 bits per heavy atom. The van der Waals surface area contributed by atoms with Gasteiger partial charge in [-0.1, -0.05) is 105 Å². The number of ether oxygens (including phenoxy) is 2. The second-order valence-corrected chi connectivity index (χ2v) is 22.2. The van der Waals surface area contributed by atoms with Crippen LogP contribution in [0.15, 0.2) is 60.8 Å². The third kappa shape index (κ3) is 12.2. The summed E-state index contributed by atoms with van der Waals surface area (Å²) in [5.41, 5.74) is 1.85. The number of nitrogens with zero attached hydrogens (tertiary/aromatic N) is 5. The molecule has 67 heavy (non-hydrogen) atoms. The molecule has 3 aromatic rings. The fourth-order valence-corrected chi connectivity index (χ4v) is 10.4. The minimum absolute atomic E-state index is 0.000394. The van der Waals surface area contributed by atoms with Crippen molar-refractivity contribution in [2.24, 2.45) is 22.2 Å². The predicted octanol–water partition coefficient (Wildman–Crippen LogP) is 6.55. The Morgan fingerprint density at radius 2 is 1.63 bits per heavy atom. The molecule has 3 amide bonds. The summed E-state index contributed by atoms with van der Waals surface area (Å²) < 4.78 is 12.2. The van der Waals surface area contributed by atoms with Crippen molar-refractivity contribution in [3.8, 4) is 11.8 Å². The molecule has 14 nitrogen and oxygen atoms in total. The van der Waals surface area contributed by atoms with Gasteiger partial charge in [0, 0.05) is 87.3 Å². The minimum atomic E-state index is -0.944. The van der Waals surface area contributed by atoms with E-state index in [9.17, 15) is 29.5 Å². The normalized spacial score (nSPS) is 22.0. The summed E-state index contributed by atoms with van der Waals surface area (Å²) in [4.78, 5) is 64.7. The molecule has 3 heterocycles. The molecule has 2 aliphatic heterocycles. The predicted molar refractivity (Wildman–Crippen MR) is 259 cm³/mol. The number of hydrogen-bond donors (Lipinski definition) is 3. The third-order valence-corrected chi connectivity index (χ3v) is 14.3. The lowest BCUT2D eigenvalue weighted by Gasteiger charge is -2.63. The average molecular weight is 941 g/mol. The molecule has 3 N–H and O–H groups in total. The summed E-state index contributed by atoms with van der Waals surface area (Å²) in [6.07, 6.45) is 1.14. The van der Waals surface area contributed by atoms with Gasteiger partial charge in [-0.2, -0.15) is 5.26 Å². The van der Waals surface area contributed by atoms with Crippen LogP contribution in [-0.2, 0) is 31.1 Å². The van der Waals surface area contributed by atoms with E-state index in [4.69, 9.17) is 21.1 Å². The van der Waals surface area contributed by atoms with Crippen molar-refractivity contribution in [1.82, 2.24) is 25.4 Å². The number of aliphatic hydroxyl groups excluding tert-OH is 1. The number of halogens is 1. The summed E-state index contributed by atoms with van der Waals surface area (Å²) in [7, 11) is 0. The fraction of sp³-hybridized carbons (Fsp3) is 0.577. The maximum atomic E-state index is 14.0. The summed E-state index contributed by atoms with van der Waals surface area (Å²) >= 11 is 6.26. The van der Waals surface area contributed by atoms with Crippen LogP contribution in [0.25, 0.3) is 0 Å². The second-order valence-electron chi connectivity index (χ2n) is 21.8. The molecular weight excluding hydrogens is 870 g/mol. The van der Waals surface area contributed by atoms with E-state index in [2.05, 4.69) is 80.0 Å². The van der Waals surface area contributed by atoms with Gasteiger partial charge in [-0.25, -0.2) is 4.98 Å². The number of ketones is 1. The van der Waals surface area contributed by atoms with E-state index < -0.39 is 35.4 Å². The van der Waals surface area contributed by atoms with Crippen molar-refractivity contribution in [2.45, 2.75) is 118 Å². The monoisotopic (exact) mass is 940 g/mol. The van der Waals surface area contributed by atoms with Gasteiger partial charge >= 0.3 is 0 Å². The summed E-state index contributed by atoms with van der Waals surface area (Å²) in [5.74, 6) is 0.314. The van der Waals surface area contributed by atoms with E-state index >= 15 is 0 Å². The number of aromatic nitrogens is 1. The number of pyridine rings is 1. The number of piperazine rings is 1. The van der Waals surface area contributed by atoms with Crippen LogP contribution in [0, 0.1) is 33.5 Å². The van der Waals surface area contributed by atoms with Gasteiger partial charge in [-0.15, -0.1) is 0 Å². The second kappa shape index (κ2) is 20.7. The van der Waals surface area contributed by atoms with Gasteiger partial charge in [0.15, 0.2) is 5.78 Å². The SMILES string of the molecule is CC(C)(C)c1ccc(CNC(=O)[C@@H]2C[C@@H](O)CN2C(=O)[C@@H](NC(=O)COCCN2CCN(c3ccc(C(=O)CC4C(C)(C)C(Oc5ccc(C#N)c(Cl)c5)C4(C)C)cn3)CC2)C(C)(C)C)cc1. The smallest absolute Gasteiger partial charge is 0.246 e. The lowest BCUT2D eigenvalue weighted by molar-refractivity contribution is -0.196. The number of carbonyl (C=O) groups excluding carboxylic acids is 4. The number of hydrogen-bond acceptors (Lipinski definition) is 11. The Bertz CT molecular complexity index is 2270. The van der Waals surface area contributed by atoms with Crippen LogP contribution in [0.3, 0.4) is 0 Å². The van der Waals surface area contributed by atoms with E-state index in [0.29, 0.717) is 41.5 Å². The molecule has 0 spiro atoms. The van der Waals surface area contributed by atoms with Crippen LogP contribution in [0.1, 0.15) is 109 Å². The van der Waals surface area contributed by atoms with Crippen molar-refractivity contribution in [1.29, 1.82) is 5.26 Å². The van der Waals surface area contributed by atoms with E-state index in [0.717, 1.165) is 37.6 Å². The first kappa shape index (κ1) is 51.3. The van der Waals surface area contributed by atoms with Crippen molar-refractivity contribution in [3.63, 3.8) is 0 Å². The van der Waals surface area contributed by atoms with Gasteiger partial charge < -0.3 is 35.0 Å². The molecule has 2 aromatic carbocycles. The number of benzene rings is 2. The molecule has 3 atom stereocenters. The van der Waals surface area contributed by atoms with Crippen LogP contribution in [0.4, 0.5) is 5.82 Å². The van der Waals surface area contributed by atoms with E-state index in [-0.39, 0.29) is 66.1 Å². The Balaban J connectivity index is 0.917. The highest BCUT2D eigenvalue weighted by molar-refractivity contribution is 6.31. The van der Waals surface area contributed by atoms with Gasteiger partial charge in [0.05, 0.1) is 23.3 Å². The molecule has 1 saturated carbocycles. The number of β-amino-alcohol motifs (C(OH)–C–C–N with tert-alkyl or cyclic N) is 1. The molecule has 0 unspecified atom stereocenters. The Kier molecular flexibility index (Phi) is 15.8. The van der Waals surface area contributed by atoms with Crippen LogP contribution in [0.5, 0.6) is 5.75 Å². The highest BCUT2D eigenvalue weighted by Crippen LogP contribution is 2.61. The van der Waals surface area contributed by atoms with E-state index in [1.807, 2.05) is 57.2 Å². The minimum Gasteiger partial charge on any atom is -0.489 e. The quantitative estimate of drug-likeness (QED) is 0.105. The van der Waals surface area contributed by atoms with Crippen molar-refractivity contribution >= 4 is 40.9 Å². The molecule has 15 heteroatoms. The number of anilines is 1. The zero-order chi connectivity index (χ0) is 49.1. The highest BCUT2D eigenvalue weighted by Gasteiger charge is 2.63. The Morgan fingerprint density at radius 3 is 2.21 bits per heavy atom. The number of nitriles is 1. The van der Waals surface area contributed by atoms with Crippen LogP contribution in [-0.4, -0.2) is 120 Å². The number of Topliss-reactive ketones (excluding diaryl/α,β-unsaturated/α-hetero) is 1. The molecule has 2 saturated heterocycles. The van der Waals surface area contributed by atoms with Crippen molar-refractivity contribution in [3.05, 3.63) is 88.1 Å². The molecule has 362 valence electrons. The lowest BCUT2D eigenvalue weighted by Crippen LogP contribution is -2.66. The van der Waals surface area contributed by atoms with Crippen molar-refractivity contribution in [2.75, 3.05) is 57.4 Å². The number of rotatable bonds is 16. The number of aliphatic hydroxyl groups is 1. The molecule has 3 aliphatic rings. The van der Waals surface area contributed by atoms with Crippen LogP contribution < -0.4 is 20.3 Å². The number of likely N-dealkylation sites (tertiary alicyclic amines) is 1. The maximum Gasteiger partial charge on any atom is 0.246 e. The van der Waals surface area contributed by atoms with Gasteiger partial charge in [0.25, 0.3) is 0 Å². The fourth-order valence-electron chi connectivity index (χ4n) is 10.2. The van der Waals surface area contributed by atoms with Gasteiger partial charge in [-0.05, 0) is 52.1 Å². The first-order chi connectivity index (χ1) is 31.4. The summed E-state index contributed by atoms with van der Waals surface area (Å²) in [5, 5.41) is 26.0. The van der Waals surface area contributed by atoms with Crippen molar-refractivity contribution < 1.29 is 33.8 Å². The molecule has 3 fully saturated rings. The summed E-state index contributed by atoms with van der Waals surface area (Å²) in [6, 6.07) is 17.2. The highest BCUT2D eigenvalue weighted by atomic mass is 35.5. The standard InChI is InChI=1S/C52H70ClN7O7/c1-49(2,3)36-15-11-33(12-16-36)29-56-46(64)40-25-37(61)31-60(40)47(65)45(50(4,5)6)57-44(63)32-66-24-23-58-19-21-59(22-20-58)43-18-14-35(30-55-43)41(62)27-42-51(7,8)48(52(42,9)10)67-38-17-13-34(28-54)39(53)26-38/h11-18,26,30,37,40,42,45,48,61H,19-25,27,29,31-32H2,1-10H3,(H,56,64)(H,57,63)/t37-,40+,42?,45-,48?/m1/s1. The van der Waals surface area contributed by atoms with Crippen LogP contribution >= 0.6 is 11.6 Å². The molecule has 0 bridgehead atoms. The molecule has 1 aromatic heterocycles. The van der Waals surface area contributed by atoms with Gasteiger partial charge in [-0.3, -0.25) is 24.1 Å². The Hall–Kier alpha value is -5.07.